The van der Waals surface area contributed by atoms with Crippen LogP contribution in [-0.2, 0) is 16.0 Å². The maximum Gasteiger partial charge on any atom is 0.311 e. The third-order valence-corrected chi connectivity index (χ3v) is 4.48. The van der Waals surface area contributed by atoms with E-state index in [2.05, 4.69) is 5.32 Å². The van der Waals surface area contributed by atoms with E-state index in [1.54, 1.807) is 6.08 Å². The fourth-order valence-corrected chi connectivity index (χ4v) is 3.14. The summed E-state index contributed by atoms with van der Waals surface area (Å²) >= 11 is 0. The number of Topliss-reactive ketones (excluding diaryl/α,β-unsaturated/α-hetero) is 1. The Morgan fingerprint density at radius 1 is 1.12 bits per heavy atom. The van der Waals surface area contributed by atoms with Gasteiger partial charge in [-0.2, -0.15) is 0 Å². The Bertz CT molecular complexity index is 554. The van der Waals surface area contributed by atoms with E-state index in [4.69, 9.17) is 5.11 Å². The molecule has 0 aromatic heterocycles. The highest BCUT2D eigenvalue weighted by Crippen LogP contribution is 2.28. The molecule has 1 heterocycles. The molecule has 4 heteroatoms. The van der Waals surface area contributed by atoms with Crippen LogP contribution < -0.4 is 5.32 Å². The Labute approximate surface area is 144 Å². The van der Waals surface area contributed by atoms with E-state index in [9.17, 15) is 9.59 Å². The molecule has 24 heavy (non-hydrogen) atoms. The molecule has 1 aliphatic carbocycles. The summed E-state index contributed by atoms with van der Waals surface area (Å²) in [6, 6.07) is 10.0. The van der Waals surface area contributed by atoms with E-state index in [0.29, 0.717) is 24.8 Å². The van der Waals surface area contributed by atoms with Gasteiger partial charge in [0, 0.05) is 12.0 Å². The molecular weight excluding hydrogens is 302 g/mol. The molecule has 0 radical (unpaired) electrons. The topological polar surface area (TPSA) is 66.4 Å². The largest absolute Gasteiger partial charge is 0.481 e. The van der Waals surface area contributed by atoms with Crippen molar-refractivity contribution in [3.05, 3.63) is 47.5 Å². The highest BCUT2D eigenvalue weighted by atomic mass is 16.4. The van der Waals surface area contributed by atoms with Crippen LogP contribution in [0, 0.1) is 5.92 Å². The second kappa shape index (κ2) is 10.0. The second-order valence-corrected chi connectivity index (χ2v) is 6.35. The van der Waals surface area contributed by atoms with Crippen molar-refractivity contribution in [1.82, 2.24) is 5.32 Å². The number of hydrogen-bond acceptors (Lipinski definition) is 3. The molecule has 1 unspecified atom stereocenters. The van der Waals surface area contributed by atoms with Crippen molar-refractivity contribution >= 4 is 11.8 Å². The maximum absolute atomic E-state index is 12.0. The van der Waals surface area contributed by atoms with Crippen LogP contribution in [0.25, 0.3) is 0 Å². The summed E-state index contributed by atoms with van der Waals surface area (Å²) in [6.45, 7) is 2.50. The molecule has 0 amide bonds. The van der Waals surface area contributed by atoms with Crippen LogP contribution in [0.15, 0.2) is 42.0 Å². The molecule has 1 fully saturated rings. The minimum absolute atomic E-state index is 0.000770. The number of carbonyl (C=O) groups excluding carboxylic acids is 1. The van der Waals surface area contributed by atoms with Gasteiger partial charge in [0.15, 0.2) is 5.78 Å². The Balaban J connectivity index is 0.000000355. The average molecular weight is 329 g/mol. The van der Waals surface area contributed by atoms with Crippen LogP contribution in [-0.4, -0.2) is 29.9 Å². The van der Waals surface area contributed by atoms with Crippen molar-refractivity contribution in [1.29, 1.82) is 0 Å². The number of hydrogen-bond donors (Lipinski definition) is 2. The lowest BCUT2D eigenvalue weighted by Gasteiger charge is -2.09. The monoisotopic (exact) mass is 329 g/mol. The maximum atomic E-state index is 12.0. The van der Waals surface area contributed by atoms with Gasteiger partial charge in [0.2, 0.25) is 0 Å². The van der Waals surface area contributed by atoms with Crippen LogP contribution in [0.5, 0.6) is 0 Å². The number of rotatable bonds is 6. The Kier molecular flexibility index (Phi) is 7.69. The van der Waals surface area contributed by atoms with Gasteiger partial charge in [-0.1, -0.05) is 36.4 Å². The van der Waals surface area contributed by atoms with Gasteiger partial charge in [0.1, 0.15) is 0 Å². The van der Waals surface area contributed by atoms with Crippen LogP contribution >= 0.6 is 0 Å². The summed E-state index contributed by atoms with van der Waals surface area (Å²) in [6.07, 6.45) is 7.91. The number of benzene rings is 1. The van der Waals surface area contributed by atoms with E-state index >= 15 is 0 Å². The van der Waals surface area contributed by atoms with Gasteiger partial charge in [-0.25, -0.2) is 0 Å². The third kappa shape index (κ3) is 5.93. The number of ketones is 1. The van der Waals surface area contributed by atoms with Gasteiger partial charge in [-0.3, -0.25) is 9.59 Å². The summed E-state index contributed by atoms with van der Waals surface area (Å²) < 4.78 is 0. The SMILES string of the molecule is C1CCNC1.O=C(CCCc1ccccc1)C1=CCCC1C(=O)O. The highest BCUT2D eigenvalue weighted by Gasteiger charge is 2.29. The van der Waals surface area contributed by atoms with Crippen molar-refractivity contribution in [2.75, 3.05) is 13.1 Å². The Morgan fingerprint density at radius 3 is 2.42 bits per heavy atom. The minimum atomic E-state index is -0.875. The molecule has 0 bridgehead atoms. The lowest BCUT2D eigenvalue weighted by atomic mass is 9.95. The van der Waals surface area contributed by atoms with Crippen molar-refractivity contribution in [3.8, 4) is 0 Å². The second-order valence-electron chi connectivity index (χ2n) is 6.35. The Hall–Kier alpha value is -1.94. The zero-order chi connectivity index (χ0) is 17.2. The first-order valence-corrected chi connectivity index (χ1v) is 8.89. The minimum Gasteiger partial charge on any atom is -0.481 e. The van der Waals surface area contributed by atoms with Crippen molar-refractivity contribution < 1.29 is 14.7 Å². The number of nitrogens with one attached hydrogen (secondary N) is 1. The smallest absolute Gasteiger partial charge is 0.311 e. The molecule has 2 N–H and O–H groups in total. The Morgan fingerprint density at radius 2 is 1.83 bits per heavy atom. The molecule has 130 valence electrons. The van der Waals surface area contributed by atoms with Crippen molar-refractivity contribution in [2.24, 2.45) is 5.92 Å². The summed E-state index contributed by atoms with van der Waals surface area (Å²) in [5.74, 6) is -1.45. The van der Waals surface area contributed by atoms with Crippen molar-refractivity contribution in [2.45, 2.75) is 44.9 Å². The summed E-state index contributed by atoms with van der Waals surface area (Å²) in [4.78, 5) is 23.0. The molecule has 1 aromatic rings. The highest BCUT2D eigenvalue weighted by molar-refractivity contribution is 6.00. The summed E-state index contributed by atoms with van der Waals surface area (Å²) in [5, 5.41) is 12.3. The first-order chi connectivity index (χ1) is 11.7. The fraction of sp³-hybridized carbons (Fsp3) is 0.500. The van der Waals surface area contributed by atoms with Crippen LogP contribution in [0.4, 0.5) is 0 Å². The lowest BCUT2D eigenvalue weighted by Crippen LogP contribution is -2.18. The number of carbonyl (C=O) groups is 2. The standard InChI is InChI=1S/C16H18O3.C4H9N/c17-15(13-9-5-10-14(13)16(18)19)11-4-8-12-6-2-1-3-7-12;1-2-4-5-3-1/h1-3,6-7,9,14H,4-5,8,10-11H2,(H,18,19);5H,1-4H2. The first-order valence-electron chi connectivity index (χ1n) is 8.89. The molecule has 0 spiro atoms. The van der Waals surface area contributed by atoms with E-state index in [1.165, 1.54) is 31.5 Å². The summed E-state index contributed by atoms with van der Waals surface area (Å²) in [5.41, 5.74) is 1.73. The zero-order valence-electron chi connectivity index (χ0n) is 14.2. The molecule has 2 aliphatic rings. The van der Waals surface area contributed by atoms with Gasteiger partial charge in [0.05, 0.1) is 5.92 Å². The van der Waals surface area contributed by atoms with Gasteiger partial charge >= 0.3 is 5.97 Å². The quantitative estimate of drug-likeness (QED) is 0.840. The van der Waals surface area contributed by atoms with E-state index in [-0.39, 0.29) is 5.78 Å². The van der Waals surface area contributed by atoms with Crippen LogP contribution in [0.1, 0.15) is 44.1 Å². The molecular formula is C20H27NO3. The first kappa shape index (κ1) is 18.4. The zero-order valence-corrected chi connectivity index (χ0v) is 14.2. The van der Waals surface area contributed by atoms with E-state index < -0.39 is 11.9 Å². The van der Waals surface area contributed by atoms with Crippen LogP contribution in [0.2, 0.25) is 0 Å². The van der Waals surface area contributed by atoms with Gasteiger partial charge in [-0.05, 0) is 57.2 Å². The van der Waals surface area contributed by atoms with Crippen molar-refractivity contribution in [3.63, 3.8) is 0 Å². The van der Waals surface area contributed by atoms with Crippen LogP contribution in [0.3, 0.4) is 0 Å². The average Bonchev–Trinajstić information content (AvgIpc) is 3.30. The predicted molar refractivity (Wildman–Crippen MR) is 94.9 cm³/mol. The number of carboxylic acids is 1. The normalized spacial score (nSPS) is 19.3. The molecule has 1 atom stereocenters. The lowest BCUT2D eigenvalue weighted by molar-refractivity contribution is -0.141. The molecule has 1 aliphatic heterocycles. The van der Waals surface area contributed by atoms with Gasteiger partial charge in [-0.15, -0.1) is 0 Å². The summed E-state index contributed by atoms with van der Waals surface area (Å²) in [7, 11) is 0. The van der Waals surface area contributed by atoms with E-state index in [0.717, 1.165) is 12.8 Å². The van der Waals surface area contributed by atoms with E-state index in [1.807, 2.05) is 30.3 Å². The molecule has 3 rings (SSSR count). The fourth-order valence-electron chi connectivity index (χ4n) is 3.14. The number of aryl methyl sites for hydroxylation is 1. The number of carboxylic acid groups (broad SMARTS) is 1. The van der Waals surface area contributed by atoms with Gasteiger partial charge < -0.3 is 10.4 Å². The third-order valence-electron chi connectivity index (χ3n) is 4.48. The number of aliphatic carboxylic acids is 1. The molecule has 4 nitrogen and oxygen atoms in total. The van der Waals surface area contributed by atoms with Gasteiger partial charge in [0.25, 0.3) is 0 Å². The number of allylic oxidation sites excluding steroid dienone is 1. The molecule has 1 saturated heterocycles. The molecule has 0 saturated carbocycles. The predicted octanol–water partition coefficient (Wildman–Crippen LogP) is 3.37. The molecule has 1 aromatic carbocycles.